The molecule has 19 heavy (non-hydrogen) atoms. The lowest BCUT2D eigenvalue weighted by atomic mass is 9.93. The Kier molecular flexibility index (Phi) is 2.69. The molecule has 0 radical (unpaired) electrons. The zero-order valence-corrected chi connectivity index (χ0v) is 10.1. The van der Waals surface area contributed by atoms with Crippen LogP contribution in [0.2, 0.25) is 0 Å². The number of amides is 1. The molecular weight excluding hydrogens is 257 g/mol. The van der Waals surface area contributed by atoms with Gasteiger partial charge in [0.1, 0.15) is 0 Å². The summed E-state index contributed by atoms with van der Waals surface area (Å²) in [5.74, 6) is -0.0796. The number of fused-ring (bicyclic) bond motifs is 3. The van der Waals surface area contributed by atoms with Gasteiger partial charge in [0.05, 0.1) is 12.1 Å². The summed E-state index contributed by atoms with van der Waals surface area (Å²) in [5, 5.41) is 2.79. The van der Waals surface area contributed by atoms with E-state index in [1.807, 2.05) is 4.90 Å². The highest BCUT2D eigenvalue weighted by molar-refractivity contribution is 5.83. The number of benzene rings is 1. The van der Waals surface area contributed by atoms with E-state index in [-0.39, 0.29) is 18.5 Å². The third-order valence-corrected chi connectivity index (χ3v) is 3.75. The molecule has 2 aliphatic heterocycles. The van der Waals surface area contributed by atoms with Crippen LogP contribution in [-0.4, -0.2) is 25.0 Å². The summed E-state index contributed by atoms with van der Waals surface area (Å²) in [6.07, 6.45) is -2.92. The number of carbonyl (C=O) groups excluding carboxylic acids is 1. The van der Waals surface area contributed by atoms with Crippen molar-refractivity contribution in [3.63, 3.8) is 0 Å². The molecule has 0 spiro atoms. The molecule has 1 saturated heterocycles. The molecule has 1 unspecified atom stereocenters. The molecule has 2 aliphatic rings. The maximum atomic E-state index is 12.7. The van der Waals surface area contributed by atoms with Crippen LogP contribution in [0.4, 0.5) is 18.9 Å². The standard InChI is InChI=1S/C13H13F3N2O/c14-13(15,16)9-2-4-11-8(5-9)1-3-10-6-17-12(19)7-18(10)11/h2,4-5,10H,1,3,6-7H2,(H,17,19). The lowest BCUT2D eigenvalue weighted by Gasteiger charge is -2.41. The minimum Gasteiger partial charge on any atom is -0.357 e. The highest BCUT2D eigenvalue weighted by Gasteiger charge is 2.35. The second-order valence-corrected chi connectivity index (χ2v) is 4.97. The van der Waals surface area contributed by atoms with Crippen molar-refractivity contribution in [2.75, 3.05) is 18.0 Å². The van der Waals surface area contributed by atoms with Gasteiger partial charge in [0.25, 0.3) is 0 Å². The predicted molar refractivity (Wildman–Crippen MR) is 63.9 cm³/mol. The van der Waals surface area contributed by atoms with Crippen molar-refractivity contribution in [2.45, 2.75) is 25.1 Å². The van der Waals surface area contributed by atoms with Crippen molar-refractivity contribution in [2.24, 2.45) is 0 Å². The Morgan fingerprint density at radius 1 is 1.32 bits per heavy atom. The van der Waals surface area contributed by atoms with E-state index < -0.39 is 11.7 Å². The Morgan fingerprint density at radius 2 is 2.11 bits per heavy atom. The largest absolute Gasteiger partial charge is 0.416 e. The van der Waals surface area contributed by atoms with Crippen molar-refractivity contribution in [1.29, 1.82) is 0 Å². The summed E-state index contributed by atoms with van der Waals surface area (Å²) in [5.41, 5.74) is 0.825. The Morgan fingerprint density at radius 3 is 2.84 bits per heavy atom. The van der Waals surface area contributed by atoms with Gasteiger partial charge in [-0.3, -0.25) is 4.79 Å². The van der Waals surface area contributed by atoms with Gasteiger partial charge in [-0.15, -0.1) is 0 Å². The van der Waals surface area contributed by atoms with Crippen LogP contribution in [0.15, 0.2) is 18.2 Å². The van der Waals surface area contributed by atoms with Crippen molar-refractivity contribution in [1.82, 2.24) is 5.32 Å². The van der Waals surface area contributed by atoms with Crippen LogP contribution in [0.3, 0.4) is 0 Å². The van der Waals surface area contributed by atoms with Gasteiger partial charge >= 0.3 is 6.18 Å². The van der Waals surface area contributed by atoms with Crippen LogP contribution in [0.1, 0.15) is 17.5 Å². The van der Waals surface area contributed by atoms with Crippen LogP contribution in [0.25, 0.3) is 0 Å². The van der Waals surface area contributed by atoms with Gasteiger partial charge in [0, 0.05) is 18.3 Å². The minimum absolute atomic E-state index is 0.0796. The molecule has 0 aliphatic carbocycles. The monoisotopic (exact) mass is 270 g/mol. The topological polar surface area (TPSA) is 32.3 Å². The van der Waals surface area contributed by atoms with Crippen LogP contribution >= 0.6 is 0 Å². The summed E-state index contributed by atoms with van der Waals surface area (Å²) in [7, 11) is 0. The number of nitrogens with one attached hydrogen (secondary N) is 1. The summed E-state index contributed by atoms with van der Waals surface area (Å²) >= 11 is 0. The van der Waals surface area contributed by atoms with Crippen molar-refractivity contribution in [3.05, 3.63) is 29.3 Å². The van der Waals surface area contributed by atoms with Gasteiger partial charge in [0.2, 0.25) is 5.91 Å². The lowest BCUT2D eigenvalue weighted by Crippen LogP contribution is -2.56. The minimum atomic E-state index is -4.31. The average Bonchev–Trinajstić information content (AvgIpc) is 2.36. The van der Waals surface area contributed by atoms with Crippen molar-refractivity contribution in [3.8, 4) is 0 Å². The van der Waals surface area contributed by atoms with E-state index in [1.165, 1.54) is 12.1 Å². The van der Waals surface area contributed by atoms with E-state index in [0.717, 1.165) is 18.2 Å². The number of halogens is 3. The number of aryl methyl sites for hydroxylation is 1. The SMILES string of the molecule is O=C1CN2c3ccc(C(F)(F)F)cc3CCC2CN1. The summed E-state index contributed by atoms with van der Waals surface area (Å²) < 4.78 is 38.0. The number of hydrogen-bond donors (Lipinski definition) is 1. The summed E-state index contributed by atoms with van der Waals surface area (Å²) in [6.45, 7) is 0.794. The van der Waals surface area contributed by atoms with E-state index >= 15 is 0 Å². The molecule has 0 bridgehead atoms. The maximum absolute atomic E-state index is 12.7. The maximum Gasteiger partial charge on any atom is 0.416 e. The van der Waals surface area contributed by atoms with Gasteiger partial charge in [-0.25, -0.2) is 0 Å². The van der Waals surface area contributed by atoms with Crippen molar-refractivity contribution >= 4 is 11.6 Å². The number of carbonyl (C=O) groups is 1. The molecule has 1 atom stereocenters. The van der Waals surface area contributed by atoms with Gasteiger partial charge in [0.15, 0.2) is 0 Å². The molecule has 102 valence electrons. The normalized spacial score (nSPS) is 22.6. The number of rotatable bonds is 0. The first-order valence-electron chi connectivity index (χ1n) is 6.18. The molecule has 3 rings (SSSR count). The van der Waals surface area contributed by atoms with Gasteiger partial charge in [-0.05, 0) is 36.6 Å². The quantitative estimate of drug-likeness (QED) is 0.781. The molecule has 1 aromatic rings. The molecule has 1 aromatic carbocycles. The smallest absolute Gasteiger partial charge is 0.357 e. The highest BCUT2D eigenvalue weighted by atomic mass is 19.4. The highest BCUT2D eigenvalue weighted by Crippen LogP contribution is 2.36. The summed E-state index contributed by atoms with van der Waals surface area (Å²) in [6, 6.07) is 3.98. The number of nitrogens with zero attached hydrogens (tertiary/aromatic N) is 1. The molecule has 1 amide bonds. The third kappa shape index (κ3) is 2.15. The van der Waals surface area contributed by atoms with Gasteiger partial charge in [-0.2, -0.15) is 13.2 Å². The van der Waals surface area contributed by atoms with E-state index in [4.69, 9.17) is 0 Å². The number of hydrogen-bond acceptors (Lipinski definition) is 2. The lowest BCUT2D eigenvalue weighted by molar-refractivity contribution is -0.137. The van der Waals surface area contributed by atoms with Crippen LogP contribution in [0.5, 0.6) is 0 Å². The van der Waals surface area contributed by atoms with Crippen LogP contribution in [0, 0.1) is 0 Å². The zero-order valence-electron chi connectivity index (χ0n) is 10.1. The van der Waals surface area contributed by atoms with Crippen LogP contribution in [-0.2, 0) is 17.4 Å². The molecular formula is C13H13F3N2O. The molecule has 1 fully saturated rings. The Bertz CT molecular complexity index is 527. The Labute approximate surface area is 108 Å². The number of piperazine rings is 1. The predicted octanol–water partition coefficient (Wildman–Crippen LogP) is 1.96. The fourth-order valence-corrected chi connectivity index (χ4v) is 2.79. The van der Waals surface area contributed by atoms with E-state index in [9.17, 15) is 18.0 Å². The second-order valence-electron chi connectivity index (χ2n) is 4.97. The van der Waals surface area contributed by atoms with E-state index in [1.54, 1.807) is 0 Å². The fourth-order valence-electron chi connectivity index (χ4n) is 2.79. The second kappa shape index (κ2) is 4.15. The molecule has 0 aromatic heterocycles. The van der Waals surface area contributed by atoms with Gasteiger partial charge < -0.3 is 10.2 Å². The zero-order chi connectivity index (χ0) is 13.6. The first kappa shape index (κ1) is 12.3. The number of alkyl halides is 3. The summed E-state index contributed by atoms with van der Waals surface area (Å²) in [4.78, 5) is 13.3. The van der Waals surface area contributed by atoms with E-state index in [0.29, 0.717) is 18.5 Å². The molecule has 1 N–H and O–H groups in total. The third-order valence-electron chi connectivity index (χ3n) is 3.75. The van der Waals surface area contributed by atoms with Crippen molar-refractivity contribution < 1.29 is 18.0 Å². The fraction of sp³-hybridized carbons (Fsp3) is 0.462. The molecule has 0 saturated carbocycles. The first-order chi connectivity index (χ1) is 8.95. The van der Waals surface area contributed by atoms with E-state index in [2.05, 4.69) is 5.32 Å². The van der Waals surface area contributed by atoms with Crippen LogP contribution < -0.4 is 10.2 Å². The average molecular weight is 270 g/mol. The first-order valence-corrected chi connectivity index (χ1v) is 6.18. The molecule has 6 heteroatoms. The molecule has 2 heterocycles. The molecule has 3 nitrogen and oxygen atoms in total. The number of anilines is 1. The Balaban J connectivity index is 1.97. The Hall–Kier alpha value is -1.72. The van der Waals surface area contributed by atoms with Gasteiger partial charge in [-0.1, -0.05) is 0 Å².